The van der Waals surface area contributed by atoms with Crippen LogP contribution < -0.4 is 10.1 Å². The lowest BCUT2D eigenvalue weighted by atomic mass is 10.1. The van der Waals surface area contributed by atoms with Crippen LogP contribution in [-0.4, -0.2) is 17.9 Å². The number of benzene rings is 2. The minimum Gasteiger partial charge on any atom is -0.496 e. The van der Waals surface area contributed by atoms with Crippen LogP contribution in [0.5, 0.6) is 5.75 Å². The molecule has 0 radical (unpaired) electrons. The van der Waals surface area contributed by atoms with E-state index in [2.05, 4.69) is 21.2 Å². The Bertz CT molecular complexity index is 818. The molecule has 1 amide bonds. The molecule has 0 aromatic heterocycles. The van der Waals surface area contributed by atoms with Gasteiger partial charge < -0.3 is 10.1 Å². The zero-order chi connectivity index (χ0) is 17.7. The molecule has 6 nitrogen and oxygen atoms in total. The summed E-state index contributed by atoms with van der Waals surface area (Å²) in [5.41, 5.74) is 1.47. The van der Waals surface area contributed by atoms with Crippen LogP contribution in [0, 0.1) is 17.0 Å². The summed E-state index contributed by atoms with van der Waals surface area (Å²) in [5, 5.41) is 13.6. The van der Waals surface area contributed by atoms with Crippen molar-refractivity contribution in [3.8, 4) is 5.75 Å². The number of nitro benzene ring substituents is 1. The summed E-state index contributed by atoms with van der Waals surface area (Å²) in [6.45, 7) is 1.75. The highest BCUT2D eigenvalue weighted by Gasteiger charge is 2.15. The highest BCUT2D eigenvalue weighted by Crippen LogP contribution is 2.26. The topological polar surface area (TPSA) is 81.5 Å². The minimum absolute atomic E-state index is 0.142. The van der Waals surface area contributed by atoms with E-state index >= 15 is 0 Å². The molecule has 2 rings (SSSR count). The molecule has 0 spiro atoms. The van der Waals surface area contributed by atoms with Crippen LogP contribution in [-0.2, 0) is 4.79 Å². The van der Waals surface area contributed by atoms with Crippen molar-refractivity contribution in [2.24, 2.45) is 0 Å². The van der Waals surface area contributed by atoms with Gasteiger partial charge in [0.1, 0.15) is 11.4 Å². The van der Waals surface area contributed by atoms with Crippen LogP contribution in [0.4, 0.5) is 11.4 Å². The third-order valence-electron chi connectivity index (χ3n) is 3.21. The quantitative estimate of drug-likeness (QED) is 0.468. The Morgan fingerprint density at radius 1 is 1.29 bits per heavy atom. The zero-order valence-corrected chi connectivity index (χ0v) is 14.7. The molecular weight excluding hydrogens is 376 g/mol. The monoisotopic (exact) mass is 390 g/mol. The number of rotatable bonds is 5. The summed E-state index contributed by atoms with van der Waals surface area (Å²) in [5.74, 6) is 0.146. The number of nitrogens with one attached hydrogen (secondary N) is 1. The van der Waals surface area contributed by atoms with E-state index in [1.165, 1.54) is 25.3 Å². The van der Waals surface area contributed by atoms with E-state index in [1.807, 2.05) is 6.07 Å². The molecule has 2 aromatic rings. The molecule has 0 saturated heterocycles. The van der Waals surface area contributed by atoms with Crippen LogP contribution >= 0.6 is 15.9 Å². The second-order valence-corrected chi connectivity index (χ2v) is 5.90. The number of hydrogen-bond acceptors (Lipinski definition) is 4. The second kappa shape index (κ2) is 7.74. The Balaban J connectivity index is 2.20. The molecule has 0 bridgehead atoms. The highest BCUT2D eigenvalue weighted by molar-refractivity contribution is 9.10. The average Bonchev–Trinajstić information content (AvgIpc) is 2.54. The number of anilines is 1. The van der Waals surface area contributed by atoms with Crippen molar-refractivity contribution < 1.29 is 14.5 Å². The van der Waals surface area contributed by atoms with Gasteiger partial charge >= 0.3 is 0 Å². The van der Waals surface area contributed by atoms with E-state index in [-0.39, 0.29) is 11.4 Å². The minimum atomic E-state index is -0.524. The Morgan fingerprint density at radius 2 is 2.04 bits per heavy atom. The number of carbonyl (C=O) groups is 1. The molecule has 0 saturated carbocycles. The lowest BCUT2D eigenvalue weighted by Gasteiger charge is -2.06. The van der Waals surface area contributed by atoms with Gasteiger partial charge in [0.2, 0.25) is 5.91 Å². The molecule has 0 aliphatic heterocycles. The third-order valence-corrected chi connectivity index (χ3v) is 3.71. The van der Waals surface area contributed by atoms with Gasteiger partial charge in [-0.2, -0.15) is 0 Å². The summed E-state index contributed by atoms with van der Waals surface area (Å²) < 4.78 is 6.07. The number of hydrogen-bond donors (Lipinski definition) is 1. The van der Waals surface area contributed by atoms with Gasteiger partial charge in [0.15, 0.2) is 0 Å². The van der Waals surface area contributed by atoms with Gasteiger partial charge in [-0.05, 0) is 42.8 Å². The summed E-state index contributed by atoms with van der Waals surface area (Å²) in [6, 6.07) is 10.0. The largest absolute Gasteiger partial charge is 0.496 e. The number of nitrogens with zero attached hydrogens (tertiary/aromatic N) is 1. The van der Waals surface area contributed by atoms with Gasteiger partial charge in [0.05, 0.1) is 12.0 Å². The summed E-state index contributed by atoms with van der Waals surface area (Å²) in [6.07, 6.45) is 2.88. The van der Waals surface area contributed by atoms with Crippen LogP contribution in [0.25, 0.3) is 6.08 Å². The van der Waals surface area contributed by atoms with Crippen LogP contribution in [0.3, 0.4) is 0 Å². The molecule has 0 aliphatic carbocycles. The van der Waals surface area contributed by atoms with Crippen molar-refractivity contribution in [3.05, 3.63) is 68.2 Å². The Morgan fingerprint density at radius 3 is 2.71 bits per heavy atom. The first-order valence-electron chi connectivity index (χ1n) is 6.98. The van der Waals surface area contributed by atoms with Gasteiger partial charge in [-0.15, -0.1) is 0 Å². The molecular formula is C17H15BrN2O4. The number of amides is 1. The van der Waals surface area contributed by atoms with Crippen molar-refractivity contribution in [2.45, 2.75) is 6.92 Å². The van der Waals surface area contributed by atoms with Crippen molar-refractivity contribution in [1.29, 1.82) is 0 Å². The highest BCUT2D eigenvalue weighted by atomic mass is 79.9. The lowest BCUT2D eigenvalue weighted by molar-refractivity contribution is -0.384. The van der Waals surface area contributed by atoms with Crippen molar-refractivity contribution in [2.75, 3.05) is 12.4 Å². The zero-order valence-electron chi connectivity index (χ0n) is 13.1. The van der Waals surface area contributed by atoms with Crippen LogP contribution in [0.2, 0.25) is 0 Å². The summed E-state index contributed by atoms with van der Waals surface area (Å²) >= 11 is 3.35. The summed E-state index contributed by atoms with van der Waals surface area (Å²) in [4.78, 5) is 22.6. The van der Waals surface area contributed by atoms with Gasteiger partial charge in [0.25, 0.3) is 5.69 Å². The molecule has 0 fully saturated rings. The first-order chi connectivity index (χ1) is 11.4. The molecule has 0 atom stereocenters. The average molecular weight is 391 g/mol. The predicted octanol–water partition coefficient (Wildman–Crippen LogP) is 4.33. The summed E-state index contributed by atoms with van der Waals surface area (Å²) in [7, 11) is 1.54. The fourth-order valence-electron chi connectivity index (χ4n) is 2.07. The third kappa shape index (κ3) is 4.42. The van der Waals surface area contributed by atoms with Gasteiger partial charge in [-0.1, -0.05) is 22.0 Å². The van der Waals surface area contributed by atoms with E-state index in [0.29, 0.717) is 11.3 Å². The van der Waals surface area contributed by atoms with Gasteiger partial charge in [0, 0.05) is 22.2 Å². The molecule has 7 heteroatoms. The molecule has 1 N–H and O–H groups in total. The smallest absolute Gasteiger partial charge is 0.293 e. The maximum Gasteiger partial charge on any atom is 0.293 e. The Kier molecular flexibility index (Phi) is 5.70. The van der Waals surface area contributed by atoms with E-state index in [0.717, 1.165) is 10.0 Å². The molecule has 0 unspecified atom stereocenters. The number of aryl methyl sites for hydroxylation is 1. The molecule has 124 valence electrons. The van der Waals surface area contributed by atoms with Crippen LogP contribution in [0.1, 0.15) is 11.1 Å². The fraction of sp³-hybridized carbons (Fsp3) is 0.118. The van der Waals surface area contributed by atoms with Crippen molar-refractivity contribution >= 4 is 39.3 Å². The van der Waals surface area contributed by atoms with E-state index in [4.69, 9.17) is 4.74 Å². The van der Waals surface area contributed by atoms with Crippen molar-refractivity contribution in [1.82, 2.24) is 0 Å². The first-order valence-corrected chi connectivity index (χ1v) is 7.77. The maximum absolute atomic E-state index is 12.1. The van der Waals surface area contributed by atoms with Crippen molar-refractivity contribution in [3.63, 3.8) is 0 Å². The standard InChI is InChI=1S/C17H15BrN2O4/c1-11-3-6-14(15(9-11)20(22)23)19-17(21)8-4-12-10-13(18)5-7-16(12)24-2/h3-10H,1-2H3,(H,19,21). The second-order valence-electron chi connectivity index (χ2n) is 4.99. The molecule has 0 aliphatic rings. The van der Waals surface area contributed by atoms with E-state index in [1.54, 1.807) is 31.2 Å². The van der Waals surface area contributed by atoms with Gasteiger partial charge in [-0.3, -0.25) is 14.9 Å². The molecule has 2 aromatic carbocycles. The fourth-order valence-corrected chi connectivity index (χ4v) is 2.45. The number of carbonyl (C=O) groups excluding carboxylic acids is 1. The van der Waals surface area contributed by atoms with E-state index in [9.17, 15) is 14.9 Å². The molecule has 0 heterocycles. The normalized spacial score (nSPS) is 10.6. The Hall–Kier alpha value is -2.67. The lowest BCUT2D eigenvalue weighted by Crippen LogP contribution is -2.09. The van der Waals surface area contributed by atoms with Crippen LogP contribution in [0.15, 0.2) is 46.9 Å². The first kappa shape index (κ1) is 17.7. The predicted molar refractivity (Wildman–Crippen MR) is 96.2 cm³/mol. The van der Waals surface area contributed by atoms with Gasteiger partial charge in [-0.25, -0.2) is 0 Å². The van der Waals surface area contributed by atoms with E-state index < -0.39 is 10.8 Å². The number of methoxy groups -OCH3 is 1. The number of halogens is 1. The number of nitro groups is 1. The maximum atomic E-state index is 12.1. The SMILES string of the molecule is COc1ccc(Br)cc1C=CC(=O)Nc1ccc(C)cc1[N+](=O)[O-]. The molecule has 24 heavy (non-hydrogen) atoms. The Labute approximate surface area is 147 Å². The number of ether oxygens (including phenoxy) is 1.